The van der Waals surface area contributed by atoms with Gasteiger partial charge in [-0.3, -0.25) is 20.4 Å². The first kappa shape index (κ1) is 19.1. The molecule has 0 fully saturated rings. The fourth-order valence-electron chi connectivity index (χ4n) is 3.42. The van der Waals surface area contributed by atoms with Crippen LogP contribution in [0.4, 0.5) is 0 Å². The number of carbonyl (C=O) groups is 2. The maximum absolute atomic E-state index is 13.0. The molecule has 0 aliphatic rings. The van der Waals surface area contributed by atoms with E-state index < -0.39 is 11.8 Å². The van der Waals surface area contributed by atoms with Crippen molar-refractivity contribution in [2.75, 3.05) is 0 Å². The molecule has 0 saturated carbocycles. The number of aromatic amines is 1. The molecule has 3 heterocycles. The van der Waals surface area contributed by atoms with E-state index >= 15 is 0 Å². The van der Waals surface area contributed by atoms with Gasteiger partial charge in [0.25, 0.3) is 11.8 Å². The Hall–Kier alpha value is -3.91. The predicted octanol–water partition coefficient (Wildman–Crippen LogP) is 4.81. The molecule has 3 N–H and O–H groups in total. The van der Waals surface area contributed by atoms with Crippen molar-refractivity contribution in [2.45, 2.75) is 0 Å². The Bertz CT molecular complexity index is 1440. The summed E-state index contributed by atoms with van der Waals surface area (Å²) in [6, 6.07) is 20.0. The molecule has 0 aliphatic heterocycles. The van der Waals surface area contributed by atoms with Crippen LogP contribution in [0.2, 0.25) is 0 Å². The van der Waals surface area contributed by atoms with Crippen LogP contribution in [0, 0.1) is 0 Å². The van der Waals surface area contributed by atoms with Gasteiger partial charge in [-0.25, -0.2) is 4.98 Å². The lowest BCUT2D eigenvalue weighted by Crippen LogP contribution is -2.42. The minimum atomic E-state index is -0.471. The number of halogens is 1. The number of amides is 2. The molecule has 0 spiro atoms. The van der Waals surface area contributed by atoms with Crippen molar-refractivity contribution in [2.24, 2.45) is 0 Å². The zero-order chi connectivity index (χ0) is 21.4. The number of nitrogens with zero attached hydrogens (tertiary/aromatic N) is 1. The van der Waals surface area contributed by atoms with Crippen LogP contribution >= 0.6 is 15.9 Å². The lowest BCUT2D eigenvalue weighted by atomic mass is 10.1. The average Bonchev–Trinajstić information content (AvgIpc) is 3.45. The highest BCUT2D eigenvalue weighted by molar-refractivity contribution is 9.10. The smallest absolute Gasteiger partial charge is 0.287 e. The molecule has 0 saturated heterocycles. The number of hydrogen-bond donors (Lipinski definition) is 3. The van der Waals surface area contributed by atoms with Crippen LogP contribution in [-0.4, -0.2) is 21.8 Å². The molecule has 5 aromatic rings. The number of rotatable bonds is 3. The summed E-state index contributed by atoms with van der Waals surface area (Å²) in [5.41, 5.74) is 7.64. The molecular weight excluding hydrogens is 460 g/mol. The van der Waals surface area contributed by atoms with Gasteiger partial charge in [-0.05, 0) is 46.3 Å². The first-order valence-corrected chi connectivity index (χ1v) is 10.2. The van der Waals surface area contributed by atoms with Gasteiger partial charge in [-0.15, -0.1) is 0 Å². The summed E-state index contributed by atoms with van der Waals surface area (Å²) in [5, 5.41) is 1.54. The van der Waals surface area contributed by atoms with Crippen molar-refractivity contribution in [1.29, 1.82) is 0 Å². The number of para-hydroxylation sites is 2. The highest BCUT2D eigenvalue weighted by Crippen LogP contribution is 2.28. The predicted molar refractivity (Wildman–Crippen MR) is 120 cm³/mol. The SMILES string of the molecule is O=C(NNC(=O)c1cc(-c2ccco2)nc2ccccc12)c1[nH]c2ccccc2c1Br. The van der Waals surface area contributed by atoms with E-state index in [4.69, 9.17) is 4.42 Å². The molecular formula is C23H15BrN4O3. The first-order chi connectivity index (χ1) is 15.1. The second-order valence-corrected chi connectivity index (χ2v) is 7.61. The third-order valence-electron chi connectivity index (χ3n) is 4.89. The number of hydrogen-bond acceptors (Lipinski definition) is 4. The largest absolute Gasteiger partial charge is 0.463 e. The summed E-state index contributed by atoms with van der Waals surface area (Å²) in [6.45, 7) is 0. The third-order valence-corrected chi connectivity index (χ3v) is 5.72. The van der Waals surface area contributed by atoms with E-state index in [2.05, 4.69) is 36.7 Å². The van der Waals surface area contributed by atoms with Gasteiger partial charge in [0.1, 0.15) is 11.4 Å². The van der Waals surface area contributed by atoms with Crippen molar-refractivity contribution >= 4 is 49.6 Å². The number of furan rings is 1. The summed E-state index contributed by atoms with van der Waals surface area (Å²) in [4.78, 5) is 33.3. The van der Waals surface area contributed by atoms with Gasteiger partial charge >= 0.3 is 0 Å². The van der Waals surface area contributed by atoms with Gasteiger partial charge in [0.05, 0.1) is 21.8 Å². The number of H-pyrrole nitrogens is 1. The Labute approximate surface area is 184 Å². The standard InChI is InChI=1S/C23H15BrN4O3/c24-20-14-7-2-4-9-17(14)26-21(20)23(30)28-27-22(29)15-12-18(19-10-5-11-31-19)25-16-8-3-1-6-13(15)16/h1-12,26H,(H,27,29)(H,28,30). The molecule has 0 radical (unpaired) electrons. The Morgan fingerprint density at radius 3 is 2.42 bits per heavy atom. The Kier molecular flexibility index (Phi) is 4.76. The van der Waals surface area contributed by atoms with Crippen LogP contribution in [0.5, 0.6) is 0 Å². The minimum Gasteiger partial charge on any atom is -0.463 e. The Morgan fingerprint density at radius 1 is 0.903 bits per heavy atom. The van der Waals surface area contributed by atoms with Crippen LogP contribution in [0.25, 0.3) is 33.3 Å². The highest BCUT2D eigenvalue weighted by Gasteiger charge is 2.19. The van der Waals surface area contributed by atoms with E-state index in [1.165, 1.54) is 0 Å². The number of benzene rings is 2. The van der Waals surface area contributed by atoms with Gasteiger partial charge in [0.15, 0.2) is 5.76 Å². The normalized spacial score (nSPS) is 11.0. The number of nitrogens with one attached hydrogen (secondary N) is 3. The number of fused-ring (bicyclic) bond motifs is 2. The van der Waals surface area contributed by atoms with Gasteiger partial charge in [-0.1, -0.05) is 36.4 Å². The molecule has 0 bridgehead atoms. The molecule has 2 amide bonds. The van der Waals surface area contributed by atoms with Crippen LogP contribution in [0.1, 0.15) is 20.8 Å². The van der Waals surface area contributed by atoms with Gasteiger partial charge in [-0.2, -0.15) is 0 Å². The van der Waals surface area contributed by atoms with Crippen molar-refractivity contribution < 1.29 is 14.0 Å². The average molecular weight is 475 g/mol. The molecule has 5 rings (SSSR count). The van der Waals surface area contributed by atoms with Gasteiger partial charge < -0.3 is 9.40 Å². The summed E-state index contributed by atoms with van der Waals surface area (Å²) in [5.74, 6) is -0.390. The van der Waals surface area contributed by atoms with Crippen molar-refractivity contribution in [3.63, 3.8) is 0 Å². The Balaban J connectivity index is 1.43. The van der Waals surface area contributed by atoms with E-state index in [1.54, 1.807) is 30.5 Å². The second kappa shape index (κ2) is 7.73. The molecule has 0 aliphatic carbocycles. The molecule has 152 valence electrons. The number of pyridine rings is 1. The maximum Gasteiger partial charge on any atom is 0.287 e. The summed E-state index contributed by atoms with van der Waals surface area (Å²) >= 11 is 3.45. The van der Waals surface area contributed by atoms with E-state index in [0.717, 1.165) is 10.9 Å². The summed E-state index contributed by atoms with van der Waals surface area (Å²) < 4.78 is 6.06. The lowest BCUT2D eigenvalue weighted by molar-refractivity contribution is 0.0845. The fraction of sp³-hybridized carbons (Fsp3) is 0. The molecule has 31 heavy (non-hydrogen) atoms. The highest BCUT2D eigenvalue weighted by atomic mass is 79.9. The summed E-state index contributed by atoms with van der Waals surface area (Å²) in [6.07, 6.45) is 1.55. The van der Waals surface area contributed by atoms with Crippen LogP contribution in [0.15, 0.2) is 81.9 Å². The molecule has 2 aromatic carbocycles. The zero-order valence-electron chi connectivity index (χ0n) is 16.0. The Morgan fingerprint density at radius 2 is 1.65 bits per heavy atom. The first-order valence-electron chi connectivity index (χ1n) is 9.42. The molecule has 0 unspecified atom stereocenters. The number of hydrazine groups is 1. The van der Waals surface area contributed by atoms with Gasteiger partial charge in [0.2, 0.25) is 0 Å². The van der Waals surface area contributed by atoms with Gasteiger partial charge in [0, 0.05) is 16.3 Å². The number of carbonyl (C=O) groups excluding carboxylic acids is 2. The molecule has 8 heteroatoms. The number of aromatic nitrogens is 2. The summed E-state index contributed by atoms with van der Waals surface area (Å²) in [7, 11) is 0. The topological polar surface area (TPSA) is 100 Å². The van der Waals surface area contributed by atoms with E-state index in [1.807, 2.05) is 42.5 Å². The maximum atomic E-state index is 13.0. The van der Waals surface area contributed by atoms with E-state index in [-0.39, 0.29) is 0 Å². The third kappa shape index (κ3) is 3.47. The quantitative estimate of drug-likeness (QED) is 0.326. The van der Waals surface area contributed by atoms with Crippen LogP contribution < -0.4 is 10.9 Å². The van der Waals surface area contributed by atoms with Crippen molar-refractivity contribution in [1.82, 2.24) is 20.8 Å². The van der Waals surface area contributed by atoms with Crippen LogP contribution in [-0.2, 0) is 0 Å². The van der Waals surface area contributed by atoms with Crippen LogP contribution in [0.3, 0.4) is 0 Å². The zero-order valence-corrected chi connectivity index (χ0v) is 17.6. The van der Waals surface area contributed by atoms with E-state index in [0.29, 0.717) is 38.1 Å². The second-order valence-electron chi connectivity index (χ2n) is 6.82. The molecule has 3 aromatic heterocycles. The monoisotopic (exact) mass is 474 g/mol. The van der Waals surface area contributed by atoms with Crippen molar-refractivity contribution in [3.8, 4) is 11.5 Å². The molecule has 0 atom stereocenters. The fourth-order valence-corrected chi connectivity index (χ4v) is 4.05. The molecule has 7 nitrogen and oxygen atoms in total. The van der Waals surface area contributed by atoms with E-state index in [9.17, 15) is 9.59 Å². The van der Waals surface area contributed by atoms with Crippen molar-refractivity contribution in [3.05, 3.63) is 88.7 Å². The lowest BCUT2D eigenvalue weighted by Gasteiger charge is -2.10. The minimum absolute atomic E-state index is 0.317.